The van der Waals surface area contributed by atoms with Gasteiger partial charge in [-0.3, -0.25) is 4.79 Å². The van der Waals surface area contributed by atoms with Crippen LogP contribution in [0.4, 0.5) is 0 Å². The molecule has 0 aliphatic heterocycles. The van der Waals surface area contributed by atoms with Crippen LogP contribution in [0.15, 0.2) is 23.1 Å². The number of carbonyl (C=O) groups excluding carboxylic acids is 1. The van der Waals surface area contributed by atoms with Crippen molar-refractivity contribution in [3.05, 3.63) is 23.8 Å². The van der Waals surface area contributed by atoms with E-state index in [4.69, 9.17) is 9.47 Å². The number of rotatable bonds is 7. The molecule has 1 aromatic rings. The Morgan fingerprint density at radius 2 is 1.95 bits per heavy atom. The second-order valence-corrected chi connectivity index (χ2v) is 6.84. The molecule has 22 heavy (non-hydrogen) atoms. The topological polar surface area (TPSA) is 81.7 Å². The van der Waals surface area contributed by atoms with Crippen LogP contribution in [0.1, 0.15) is 25.8 Å². The number of hydrogen-bond donors (Lipinski definition) is 1. The molecule has 0 aliphatic rings. The fourth-order valence-corrected chi connectivity index (χ4v) is 3.53. The first kappa shape index (κ1) is 18.4. The van der Waals surface area contributed by atoms with Crippen LogP contribution in [0.2, 0.25) is 0 Å². The fourth-order valence-electron chi connectivity index (χ4n) is 1.98. The number of hydrogen-bond acceptors (Lipinski definition) is 5. The minimum absolute atomic E-state index is 0.00667. The number of carbonyl (C=O) groups is 1. The van der Waals surface area contributed by atoms with E-state index in [1.165, 1.54) is 20.3 Å². The summed E-state index contributed by atoms with van der Waals surface area (Å²) in [6.07, 6.45) is 0.632. The van der Waals surface area contributed by atoms with E-state index in [9.17, 15) is 13.2 Å². The van der Waals surface area contributed by atoms with Crippen molar-refractivity contribution in [2.45, 2.75) is 38.1 Å². The Bertz CT molecular complexity index is 627. The van der Waals surface area contributed by atoms with Crippen LogP contribution < -0.4 is 9.46 Å². The second-order valence-electron chi connectivity index (χ2n) is 5.16. The third-order valence-corrected chi connectivity index (χ3v) is 5.02. The van der Waals surface area contributed by atoms with Crippen molar-refractivity contribution in [2.75, 3.05) is 14.2 Å². The highest BCUT2D eigenvalue weighted by Gasteiger charge is 2.31. The lowest BCUT2D eigenvalue weighted by Crippen LogP contribution is -2.45. The molecular weight excluding hydrogens is 306 g/mol. The van der Waals surface area contributed by atoms with E-state index in [2.05, 4.69) is 4.72 Å². The summed E-state index contributed by atoms with van der Waals surface area (Å²) in [4.78, 5) is 11.9. The molecule has 7 heteroatoms. The highest BCUT2D eigenvalue weighted by Crippen LogP contribution is 2.25. The molecule has 0 saturated carbocycles. The lowest BCUT2D eigenvalue weighted by atomic mass is 10.0. The quantitative estimate of drug-likeness (QED) is 0.772. The average molecular weight is 329 g/mol. The molecule has 0 unspecified atom stereocenters. The van der Waals surface area contributed by atoms with E-state index in [1.807, 2.05) is 6.92 Å². The third kappa shape index (κ3) is 4.20. The highest BCUT2D eigenvalue weighted by atomic mass is 32.2. The summed E-state index contributed by atoms with van der Waals surface area (Å²) in [6.45, 7) is 5.45. The van der Waals surface area contributed by atoms with Crippen LogP contribution in [0.3, 0.4) is 0 Å². The van der Waals surface area contributed by atoms with Gasteiger partial charge >= 0.3 is 5.97 Å². The number of esters is 1. The summed E-state index contributed by atoms with van der Waals surface area (Å²) in [7, 11) is -1.28. The molecule has 6 nitrogen and oxygen atoms in total. The minimum atomic E-state index is -3.91. The first-order valence-corrected chi connectivity index (χ1v) is 8.50. The molecule has 0 aliphatic carbocycles. The van der Waals surface area contributed by atoms with Crippen molar-refractivity contribution < 1.29 is 22.7 Å². The minimum Gasteiger partial charge on any atom is -0.495 e. The summed E-state index contributed by atoms with van der Waals surface area (Å²) in [6, 6.07) is 3.90. The van der Waals surface area contributed by atoms with Gasteiger partial charge in [0.25, 0.3) is 0 Å². The molecule has 0 heterocycles. The van der Waals surface area contributed by atoms with Gasteiger partial charge in [0, 0.05) is 0 Å². The first-order valence-electron chi connectivity index (χ1n) is 7.01. The number of aryl methyl sites for hydroxylation is 1. The standard InChI is InChI=1S/C15H23NO5S/c1-6-11(3)14(15(17)21-5)16-22(18,19)13-9-10(2)7-8-12(13)20-4/h7-9,11,14,16H,6H2,1-5H3/t11-,14-/m1/s1. The zero-order valence-corrected chi connectivity index (χ0v) is 14.4. The molecule has 0 fully saturated rings. The number of methoxy groups -OCH3 is 2. The van der Waals surface area contributed by atoms with E-state index in [0.717, 1.165) is 5.56 Å². The van der Waals surface area contributed by atoms with Crippen LogP contribution >= 0.6 is 0 Å². The maximum atomic E-state index is 12.6. The average Bonchev–Trinajstić information content (AvgIpc) is 2.51. The number of sulfonamides is 1. The Balaban J connectivity index is 3.23. The van der Waals surface area contributed by atoms with Crippen molar-refractivity contribution in [1.29, 1.82) is 0 Å². The van der Waals surface area contributed by atoms with Gasteiger partial charge < -0.3 is 9.47 Å². The molecule has 2 atom stereocenters. The van der Waals surface area contributed by atoms with Gasteiger partial charge in [-0.1, -0.05) is 26.3 Å². The molecule has 124 valence electrons. The molecule has 0 aromatic heterocycles. The third-order valence-electron chi connectivity index (χ3n) is 3.56. The molecule has 0 bridgehead atoms. The van der Waals surface area contributed by atoms with Crippen molar-refractivity contribution in [2.24, 2.45) is 5.92 Å². The zero-order valence-electron chi connectivity index (χ0n) is 13.5. The maximum Gasteiger partial charge on any atom is 0.324 e. The maximum absolute atomic E-state index is 12.6. The Morgan fingerprint density at radius 1 is 1.32 bits per heavy atom. The Kier molecular flexibility index (Phi) is 6.37. The highest BCUT2D eigenvalue weighted by molar-refractivity contribution is 7.89. The molecule has 1 aromatic carbocycles. The molecular formula is C15H23NO5S. The number of nitrogens with one attached hydrogen (secondary N) is 1. The molecule has 0 saturated heterocycles. The normalized spacial score (nSPS) is 14.2. The van der Waals surface area contributed by atoms with Crippen molar-refractivity contribution >= 4 is 16.0 Å². The molecule has 0 radical (unpaired) electrons. The summed E-state index contributed by atoms with van der Waals surface area (Å²) < 4.78 is 37.5. The van der Waals surface area contributed by atoms with Crippen LogP contribution in [-0.4, -0.2) is 34.6 Å². The van der Waals surface area contributed by atoms with Crippen LogP contribution in [0, 0.1) is 12.8 Å². The van der Waals surface area contributed by atoms with Crippen molar-refractivity contribution in [3.63, 3.8) is 0 Å². The van der Waals surface area contributed by atoms with E-state index in [1.54, 1.807) is 26.0 Å². The summed E-state index contributed by atoms with van der Waals surface area (Å²) >= 11 is 0. The SMILES string of the molecule is CC[C@@H](C)[C@@H](NS(=O)(=O)c1cc(C)ccc1OC)C(=O)OC. The largest absolute Gasteiger partial charge is 0.495 e. The zero-order chi connectivity index (χ0) is 16.9. The van der Waals surface area contributed by atoms with Crippen molar-refractivity contribution in [3.8, 4) is 5.75 Å². The summed E-state index contributed by atoms with van der Waals surface area (Å²) in [5.41, 5.74) is 0.777. The summed E-state index contributed by atoms with van der Waals surface area (Å²) in [5.74, 6) is -0.576. The lowest BCUT2D eigenvalue weighted by Gasteiger charge is -2.22. The van der Waals surface area contributed by atoms with Crippen LogP contribution in [0.25, 0.3) is 0 Å². The van der Waals surface area contributed by atoms with Gasteiger partial charge in [0.1, 0.15) is 16.7 Å². The fraction of sp³-hybridized carbons (Fsp3) is 0.533. The van der Waals surface area contributed by atoms with Crippen LogP contribution in [-0.2, 0) is 19.6 Å². The predicted molar refractivity (Wildman–Crippen MR) is 83.3 cm³/mol. The number of benzene rings is 1. The Hall–Kier alpha value is -1.60. The van der Waals surface area contributed by atoms with E-state index in [-0.39, 0.29) is 16.6 Å². The van der Waals surface area contributed by atoms with Gasteiger partial charge in [-0.15, -0.1) is 0 Å². The molecule has 1 N–H and O–H groups in total. The molecule has 1 rings (SSSR count). The van der Waals surface area contributed by atoms with E-state index in [0.29, 0.717) is 6.42 Å². The lowest BCUT2D eigenvalue weighted by molar-refractivity contribution is -0.143. The van der Waals surface area contributed by atoms with Crippen molar-refractivity contribution in [1.82, 2.24) is 4.72 Å². The second kappa shape index (κ2) is 7.60. The molecule has 0 spiro atoms. The predicted octanol–water partition coefficient (Wildman–Crippen LogP) is 1.87. The molecule has 0 amide bonds. The van der Waals surface area contributed by atoms with Gasteiger partial charge in [0.2, 0.25) is 10.0 Å². The van der Waals surface area contributed by atoms with Gasteiger partial charge in [0.15, 0.2) is 0 Å². The van der Waals surface area contributed by atoms with E-state index < -0.39 is 22.0 Å². The Labute approximate surface area is 131 Å². The van der Waals surface area contributed by atoms with Gasteiger partial charge in [-0.25, -0.2) is 8.42 Å². The van der Waals surface area contributed by atoms with Gasteiger partial charge in [-0.2, -0.15) is 4.72 Å². The van der Waals surface area contributed by atoms with Gasteiger partial charge in [-0.05, 0) is 30.5 Å². The monoisotopic (exact) mass is 329 g/mol. The van der Waals surface area contributed by atoms with Crippen LogP contribution in [0.5, 0.6) is 5.75 Å². The smallest absolute Gasteiger partial charge is 0.324 e. The number of ether oxygens (including phenoxy) is 2. The Morgan fingerprint density at radius 3 is 2.45 bits per heavy atom. The first-order chi connectivity index (χ1) is 10.3. The summed E-state index contributed by atoms with van der Waals surface area (Å²) in [5, 5.41) is 0. The van der Waals surface area contributed by atoms with E-state index >= 15 is 0 Å². The van der Waals surface area contributed by atoms with Gasteiger partial charge in [0.05, 0.1) is 14.2 Å².